The molecule has 0 saturated heterocycles. The van der Waals surface area contributed by atoms with E-state index in [2.05, 4.69) is 6.58 Å². The van der Waals surface area contributed by atoms with Crippen LogP contribution in [0.5, 0.6) is 0 Å². The second-order valence-corrected chi connectivity index (χ2v) is 6.37. The van der Waals surface area contributed by atoms with Crippen molar-refractivity contribution in [3.63, 3.8) is 0 Å². The molecular formula is C19H18F6. The van der Waals surface area contributed by atoms with Crippen LogP contribution in [0.1, 0.15) is 23.6 Å². The van der Waals surface area contributed by atoms with Crippen molar-refractivity contribution >= 4 is 0 Å². The van der Waals surface area contributed by atoms with E-state index in [0.717, 1.165) is 24.3 Å². The Morgan fingerprint density at radius 3 is 1.92 bits per heavy atom. The molecule has 1 aliphatic rings. The highest BCUT2D eigenvalue weighted by Gasteiger charge is 2.73. The van der Waals surface area contributed by atoms with Crippen LogP contribution < -0.4 is 0 Å². The maximum atomic E-state index is 14.0. The van der Waals surface area contributed by atoms with Gasteiger partial charge in [-0.05, 0) is 47.6 Å². The number of allylic oxidation sites excluding steroid dienone is 5. The molecule has 1 aromatic rings. The number of rotatable bonds is 2. The first-order valence-electron chi connectivity index (χ1n) is 7.62. The minimum absolute atomic E-state index is 0.208. The zero-order chi connectivity index (χ0) is 19.2. The lowest BCUT2D eigenvalue weighted by atomic mass is 9.69. The summed E-state index contributed by atoms with van der Waals surface area (Å²) in [5, 5.41) is 0. The van der Waals surface area contributed by atoms with Gasteiger partial charge < -0.3 is 0 Å². The summed E-state index contributed by atoms with van der Waals surface area (Å²) in [4.78, 5) is 0. The quantitative estimate of drug-likeness (QED) is 0.539. The molecule has 2 rings (SSSR count). The van der Waals surface area contributed by atoms with Crippen LogP contribution in [-0.2, 0) is 5.41 Å². The van der Waals surface area contributed by atoms with E-state index >= 15 is 0 Å². The van der Waals surface area contributed by atoms with Gasteiger partial charge in [-0.3, -0.25) is 0 Å². The van der Waals surface area contributed by atoms with E-state index in [1.807, 2.05) is 0 Å². The van der Waals surface area contributed by atoms with Gasteiger partial charge in [-0.15, -0.1) is 0 Å². The Bertz CT molecular complexity index is 732. The highest BCUT2D eigenvalue weighted by molar-refractivity contribution is 5.52. The second kappa shape index (κ2) is 6.07. The number of halogens is 6. The third-order valence-electron chi connectivity index (χ3n) is 4.71. The van der Waals surface area contributed by atoms with Gasteiger partial charge >= 0.3 is 12.4 Å². The van der Waals surface area contributed by atoms with Crippen molar-refractivity contribution in [3.05, 3.63) is 70.8 Å². The largest absolute Gasteiger partial charge is 0.411 e. The van der Waals surface area contributed by atoms with Crippen molar-refractivity contribution in [2.24, 2.45) is 5.92 Å². The normalized spacial score (nSPS) is 19.2. The van der Waals surface area contributed by atoms with Gasteiger partial charge in [-0.25, -0.2) is 0 Å². The average molecular weight is 360 g/mol. The summed E-state index contributed by atoms with van der Waals surface area (Å²) >= 11 is 0. The molecule has 0 radical (unpaired) electrons. The number of hydrogen-bond acceptors (Lipinski definition) is 0. The maximum absolute atomic E-state index is 14.0. The molecule has 0 bridgehead atoms. The van der Waals surface area contributed by atoms with E-state index in [9.17, 15) is 26.3 Å². The molecule has 0 heterocycles. The van der Waals surface area contributed by atoms with Crippen molar-refractivity contribution in [3.8, 4) is 0 Å². The molecule has 0 N–H and O–H groups in total. The van der Waals surface area contributed by atoms with Crippen LogP contribution in [0.25, 0.3) is 0 Å². The van der Waals surface area contributed by atoms with Crippen LogP contribution in [0, 0.1) is 19.8 Å². The predicted molar refractivity (Wildman–Crippen MR) is 85.2 cm³/mol. The summed E-state index contributed by atoms with van der Waals surface area (Å²) in [7, 11) is 0. The molecule has 0 aliphatic heterocycles. The molecular weight excluding hydrogens is 342 g/mol. The molecule has 0 saturated carbocycles. The molecule has 0 nitrogen and oxygen atoms in total. The van der Waals surface area contributed by atoms with Gasteiger partial charge in [0.2, 0.25) is 5.41 Å². The third-order valence-corrected chi connectivity index (χ3v) is 4.71. The Morgan fingerprint density at radius 1 is 0.920 bits per heavy atom. The number of alkyl halides is 6. The van der Waals surface area contributed by atoms with Crippen LogP contribution in [0.4, 0.5) is 26.3 Å². The molecule has 0 spiro atoms. The third kappa shape index (κ3) is 3.02. The van der Waals surface area contributed by atoms with Crippen molar-refractivity contribution < 1.29 is 26.3 Å². The van der Waals surface area contributed by atoms with E-state index in [-0.39, 0.29) is 11.5 Å². The van der Waals surface area contributed by atoms with Gasteiger partial charge in [0.25, 0.3) is 0 Å². The van der Waals surface area contributed by atoms with E-state index in [0.29, 0.717) is 11.1 Å². The second-order valence-electron chi connectivity index (χ2n) is 6.37. The minimum Gasteiger partial charge on any atom is -0.169 e. The summed E-state index contributed by atoms with van der Waals surface area (Å²) in [6, 6.07) is 3.14. The number of hydrogen-bond donors (Lipinski definition) is 0. The van der Waals surface area contributed by atoms with E-state index in [1.165, 1.54) is 19.1 Å². The topological polar surface area (TPSA) is 0 Å². The van der Waals surface area contributed by atoms with Gasteiger partial charge in [-0.2, -0.15) is 26.3 Å². The van der Waals surface area contributed by atoms with E-state index in [4.69, 9.17) is 0 Å². The highest BCUT2D eigenvalue weighted by Crippen LogP contribution is 2.57. The van der Waals surface area contributed by atoms with Crippen molar-refractivity contribution in [1.82, 2.24) is 0 Å². The molecule has 136 valence electrons. The zero-order valence-electron chi connectivity index (χ0n) is 14.0. The van der Waals surface area contributed by atoms with Crippen LogP contribution in [-0.4, -0.2) is 12.4 Å². The lowest BCUT2D eigenvalue weighted by Crippen LogP contribution is -2.55. The van der Waals surface area contributed by atoms with Gasteiger partial charge in [0.1, 0.15) is 0 Å². The molecule has 25 heavy (non-hydrogen) atoms. The fraction of sp³-hybridized carbons (Fsp3) is 0.368. The van der Waals surface area contributed by atoms with Crippen LogP contribution >= 0.6 is 0 Å². The van der Waals surface area contributed by atoms with Crippen LogP contribution in [0.2, 0.25) is 0 Å². The minimum atomic E-state index is -5.57. The van der Waals surface area contributed by atoms with Crippen molar-refractivity contribution in [2.45, 2.75) is 38.5 Å². The van der Waals surface area contributed by atoms with Crippen molar-refractivity contribution in [1.29, 1.82) is 0 Å². The Hall–Kier alpha value is -1.98. The lowest BCUT2D eigenvalue weighted by Gasteiger charge is -2.40. The summed E-state index contributed by atoms with van der Waals surface area (Å²) in [5.74, 6) is -0.317. The van der Waals surface area contributed by atoms with E-state index < -0.39 is 28.9 Å². The molecule has 1 atom stereocenters. The number of aryl methyl sites for hydroxylation is 2. The van der Waals surface area contributed by atoms with Crippen LogP contribution in [0.3, 0.4) is 0 Å². The summed E-state index contributed by atoms with van der Waals surface area (Å²) in [6.07, 6.45) is -8.00. The average Bonchev–Trinajstić information content (AvgIpc) is 2.44. The molecule has 6 heteroatoms. The fourth-order valence-corrected chi connectivity index (χ4v) is 2.94. The first-order valence-corrected chi connectivity index (χ1v) is 7.62. The van der Waals surface area contributed by atoms with Gasteiger partial charge in [0.15, 0.2) is 0 Å². The monoisotopic (exact) mass is 360 g/mol. The van der Waals surface area contributed by atoms with Gasteiger partial charge in [0, 0.05) is 0 Å². The van der Waals surface area contributed by atoms with Crippen molar-refractivity contribution in [2.75, 3.05) is 0 Å². The Kier molecular flexibility index (Phi) is 4.70. The molecule has 0 fully saturated rings. The summed E-state index contributed by atoms with van der Waals surface area (Å²) in [5.41, 5.74) is -4.61. The molecule has 1 aromatic carbocycles. The molecule has 1 unspecified atom stereocenters. The first-order chi connectivity index (χ1) is 11.3. The standard InChI is InChI=1S/C19H18F6/c1-11-5-7-15(9-13(11)3)17(18(20,21)22,19(23,24)25)16-8-6-12(2)14(4)10-16/h5-11H,3H2,1-2,4H3. The first kappa shape index (κ1) is 19.3. The van der Waals surface area contributed by atoms with Crippen LogP contribution in [0.15, 0.2) is 54.2 Å². The van der Waals surface area contributed by atoms with E-state index in [1.54, 1.807) is 13.8 Å². The fourth-order valence-electron chi connectivity index (χ4n) is 2.94. The molecule has 1 aliphatic carbocycles. The summed E-state index contributed by atoms with van der Waals surface area (Å²) in [6.45, 7) is 8.36. The number of benzene rings is 1. The summed E-state index contributed by atoms with van der Waals surface area (Å²) < 4.78 is 83.8. The van der Waals surface area contributed by atoms with Gasteiger partial charge in [-0.1, -0.05) is 49.9 Å². The molecule has 0 amide bonds. The Labute approximate surface area is 142 Å². The highest BCUT2D eigenvalue weighted by atomic mass is 19.4. The smallest absolute Gasteiger partial charge is 0.169 e. The Balaban J connectivity index is 2.88. The lowest BCUT2D eigenvalue weighted by molar-refractivity contribution is -0.289. The zero-order valence-corrected chi connectivity index (χ0v) is 14.0. The predicted octanol–water partition coefficient (Wildman–Crippen LogP) is 6.35. The van der Waals surface area contributed by atoms with Gasteiger partial charge in [0.05, 0.1) is 0 Å². The maximum Gasteiger partial charge on any atom is 0.411 e. The molecule has 0 aromatic heterocycles. The SMILES string of the molecule is C=C1C=C(C(c2ccc(C)c(C)c2)(C(F)(F)F)C(F)(F)F)C=CC1C. The Morgan fingerprint density at radius 2 is 1.48 bits per heavy atom.